The van der Waals surface area contributed by atoms with Crippen molar-refractivity contribution in [1.29, 1.82) is 0 Å². The van der Waals surface area contributed by atoms with Gasteiger partial charge in [-0.3, -0.25) is 14.4 Å². The maximum atomic E-state index is 11.2. The molecule has 1 aliphatic rings. The molecule has 1 fully saturated rings. The first-order chi connectivity index (χ1) is 6.02. The van der Waals surface area contributed by atoms with Crippen molar-refractivity contribution in [1.82, 2.24) is 0 Å². The summed E-state index contributed by atoms with van der Waals surface area (Å²) in [4.78, 5) is 32.7. The monoisotopic (exact) mass is 184 g/mol. The molecule has 2 atom stereocenters. The number of hydrogen-bond donors (Lipinski definition) is 2. The lowest BCUT2D eigenvalue weighted by atomic mass is 9.80. The van der Waals surface area contributed by atoms with E-state index in [1.54, 1.807) is 0 Å². The van der Waals surface area contributed by atoms with Gasteiger partial charge in [0.2, 0.25) is 11.8 Å². The van der Waals surface area contributed by atoms with Gasteiger partial charge in [0, 0.05) is 12.3 Å². The van der Waals surface area contributed by atoms with Crippen LogP contribution in [0.15, 0.2) is 0 Å². The molecule has 5 heteroatoms. The van der Waals surface area contributed by atoms with Crippen molar-refractivity contribution in [3.8, 4) is 0 Å². The van der Waals surface area contributed by atoms with Gasteiger partial charge in [-0.2, -0.15) is 0 Å². The van der Waals surface area contributed by atoms with Crippen molar-refractivity contribution < 1.29 is 14.4 Å². The molecule has 0 bridgehead atoms. The number of hydrogen-bond acceptors (Lipinski definition) is 3. The SMILES string of the molecule is NC(=O)C1CCC(=O)C(C(N)=O)C1. The summed E-state index contributed by atoms with van der Waals surface area (Å²) in [6, 6.07) is 0. The molecule has 0 aromatic rings. The predicted octanol–water partition coefficient (Wildman–Crippen LogP) is -1.06. The second-order valence-electron chi connectivity index (χ2n) is 3.29. The number of Topliss-reactive ketones (excluding diaryl/α,β-unsaturated/α-hetero) is 1. The highest BCUT2D eigenvalue weighted by molar-refractivity contribution is 6.02. The number of amides is 2. The molecule has 0 heterocycles. The van der Waals surface area contributed by atoms with E-state index in [1.807, 2.05) is 0 Å². The van der Waals surface area contributed by atoms with Crippen LogP contribution in [0.4, 0.5) is 0 Å². The second kappa shape index (κ2) is 3.55. The number of primary amides is 2. The van der Waals surface area contributed by atoms with Crippen LogP contribution in [-0.2, 0) is 14.4 Å². The summed E-state index contributed by atoms with van der Waals surface area (Å²) in [7, 11) is 0. The first-order valence-corrected chi connectivity index (χ1v) is 4.13. The van der Waals surface area contributed by atoms with E-state index in [-0.39, 0.29) is 24.5 Å². The van der Waals surface area contributed by atoms with Crippen LogP contribution in [0.2, 0.25) is 0 Å². The molecule has 72 valence electrons. The fraction of sp³-hybridized carbons (Fsp3) is 0.625. The number of carbonyl (C=O) groups is 3. The third-order valence-electron chi connectivity index (χ3n) is 2.39. The predicted molar refractivity (Wildman–Crippen MR) is 44.2 cm³/mol. The zero-order chi connectivity index (χ0) is 10.0. The van der Waals surface area contributed by atoms with Crippen LogP contribution in [0.25, 0.3) is 0 Å². The standard InChI is InChI=1S/C8H12N2O3/c9-7(12)4-1-2-6(11)5(3-4)8(10)13/h4-5H,1-3H2,(H2,9,12)(H2,10,13). The summed E-state index contributed by atoms with van der Waals surface area (Å²) >= 11 is 0. The van der Waals surface area contributed by atoms with Gasteiger partial charge >= 0.3 is 0 Å². The normalized spacial score (nSPS) is 28.5. The molecule has 4 N–H and O–H groups in total. The van der Waals surface area contributed by atoms with E-state index < -0.39 is 17.7 Å². The third-order valence-corrected chi connectivity index (χ3v) is 2.39. The summed E-state index contributed by atoms with van der Waals surface area (Å²) in [5.74, 6) is -2.49. The zero-order valence-electron chi connectivity index (χ0n) is 7.16. The van der Waals surface area contributed by atoms with Gasteiger partial charge in [-0.25, -0.2) is 0 Å². The van der Waals surface area contributed by atoms with Gasteiger partial charge in [-0.05, 0) is 12.8 Å². The lowest BCUT2D eigenvalue weighted by molar-refractivity contribution is -0.136. The van der Waals surface area contributed by atoms with E-state index >= 15 is 0 Å². The Labute approximate surface area is 75.5 Å². The van der Waals surface area contributed by atoms with E-state index in [0.29, 0.717) is 6.42 Å². The Morgan fingerprint density at radius 1 is 1.23 bits per heavy atom. The van der Waals surface area contributed by atoms with Crippen LogP contribution >= 0.6 is 0 Å². The zero-order valence-corrected chi connectivity index (χ0v) is 7.16. The summed E-state index contributed by atoms with van der Waals surface area (Å²) < 4.78 is 0. The maximum Gasteiger partial charge on any atom is 0.228 e. The minimum atomic E-state index is -0.814. The minimum absolute atomic E-state index is 0.176. The Balaban J connectivity index is 2.68. The average Bonchev–Trinajstić information content (AvgIpc) is 2.04. The van der Waals surface area contributed by atoms with E-state index in [1.165, 1.54) is 0 Å². The molecule has 0 spiro atoms. The van der Waals surface area contributed by atoms with Gasteiger partial charge in [-0.1, -0.05) is 0 Å². The summed E-state index contributed by atoms with van der Waals surface area (Å²) in [6.07, 6.45) is 0.850. The summed E-state index contributed by atoms with van der Waals surface area (Å²) in [6.45, 7) is 0. The topological polar surface area (TPSA) is 103 Å². The first-order valence-electron chi connectivity index (χ1n) is 4.13. The number of rotatable bonds is 2. The molecular formula is C8H12N2O3. The molecule has 0 aromatic heterocycles. The Kier molecular flexibility index (Phi) is 2.65. The van der Waals surface area contributed by atoms with Gasteiger partial charge in [0.1, 0.15) is 5.78 Å². The van der Waals surface area contributed by atoms with Crippen LogP contribution in [0.1, 0.15) is 19.3 Å². The third kappa shape index (κ3) is 2.05. The quantitative estimate of drug-likeness (QED) is 0.534. The van der Waals surface area contributed by atoms with Crippen LogP contribution in [-0.4, -0.2) is 17.6 Å². The second-order valence-corrected chi connectivity index (χ2v) is 3.29. The Bertz CT molecular complexity index is 262. The molecule has 13 heavy (non-hydrogen) atoms. The van der Waals surface area contributed by atoms with Crippen LogP contribution in [0, 0.1) is 11.8 Å². The van der Waals surface area contributed by atoms with Crippen molar-refractivity contribution in [3.63, 3.8) is 0 Å². The molecule has 0 aromatic carbocycles. The highest BCUT2D eigenvalue weighted by Crippen LogP contribution is 2.25. The lowest BCUT2D eigenvalue weighted by Gasteiger charge is -2.23. The van der Waals surface area contributed by atoms with Crippen LogP contribution in [0.5, 0.6) is 0 Å². The van der Waals surface area contributed by atoms with Gasteiger partial charge in [0.15, 0.2) is 0 Å². The van der Waals surface area contributed by atoms with Gasteiger partial charge in [0.25, 0.3) is 0 Å². The van der Waals surface area contributed by atoms with Crippen molar-refractivity contribution in [2.45, 2.75) is 19.3 Å². The van der Waals surface area contributed by atoms with E-state index in [0.717, 1.165) is 0 Å². The average molecular weight is 184 g/mol. The minimum Gasteiger partial charge on any atom is -0.369 e. The van der Waals surface area contributed by atoms with Crippen molar-refractivity contribution in [2.24, 2.45) is 23.3 Å². The maximum absolute atomic E-state index is 11.2. The molecule has 1 rings (SSSR count). The summed E-state index contributed by atoms with van der Waals surface area (Å²) in [5.41, 5.74) is 10.1. The molecule has 1 aliphatic carbocycles. The number of nitrogens with two attached hydrogens (primary N) is 2. The molecule has 5 nitrogen and oxygen atoms in total. The van der Waals surface area contributed by atoms with Gasteiger partial charge in [0.05, 0.1) is 5.92 Å². The molecule has 0 saturated heterocycles. The molecular weight excluding hydrogens is 172 g/mol. The molecule has 1 saturated carbocycles. The van der Waals surface area contributed by atoms with Crippen molar-refractivity contribution in [2.75, 3.05) is 0 Å². The van der Waals surface area contributed by atoms with Crippen LogP contribution in [0.3, 0.4) is 0 Å². The number of ketones is 1. The van der Waals surface area contributed by atoms with E-state index in [4.69, 9.17) is 11.5 Å². The molecule has 2 unspecified atom stereocenters. The Morgan fingerprint density at radius 2 is 1.85 bits per heavy atom. The molecule has 2 amide bonds. The van der Waals surface area contributed by atoms with Gasteiger partial charge < -0.3 is 11.5 Å². The van der Waals surface area contributed by atoms with Crippen molar-refractivity contribution >= 4 is 17.6 Å². The van der Waals surface area contributed by atoms with Gasteiger partial charge in [-0.15, -0.1) is 0 Å². The first kappa shape index (κ1) is 9.70. The van der Waals surface area contributed by atoms with Crippen LogP contribution < -0.4 is 11.5 Å². The fourth-order valence-electron chi connectivity index (χ4n) is 1.56. The lowest BCUT2D eigenvalue weighted by Crippen LogP contribution is -2.39. The largest absolute Gasteiger partial charge is 0.369 e. The smallest absolute Gasteiger partial charge is 0.228 e. The van der Waals surface area contributed by atoms with E-state index in [9.17, 15) is 14.4 Å². The molecule has 0 aliphatic heterocycles. The highest BCUT2D eigenvalue weighted by Gasteiger charge is 2.34. The van der Waals surface area contributed by atoms with Crippen molar-refractivity contribution in [3.05, 3.63) is 0 Å². The highest BCUT2D eigenvalue weighted by atomic mass is 16.2. The molecule has 0 radical (unpaired) electrons. The fourth-order valence-corrected chi connectivity index (χ4v) is 1.56. The Morgan fingerprint density at radius 3 is 2.31 bits per heavy atom. The summed E-state index contributed by atoms with van der Waals surface area (Å²) in [5, 5.41) is 0. The Hall–Kier alpha value is -1.39. The van der Waals surface area contributed by atoms with E-state index in [2.05, 4.69) is 0 Å². The number of carbonyl (C=O) groups excluding carboxylic acids is 3.